The standard InChI is InChI=1S/C19H24N2O4S/c1-5-14(3)20-17(22)12-21-15(4)11-13(2)18(19(21)23)26(24,25)16-9-7-6-8-10-16/h6-11,14H,5,12H2,1-4H3,(H,20,22)/t14-/m0/s1. The van der Waals surface area contributed by atoms with E-state index in [1.54, 1.807) is 38.1 Å². The van der Waals surface area contributed by atoms with E-state index in [4.69, 9.17) is 0 Å². The highest BCUT2D eigenvalue weighted by molar-refractivity contribution is 7.91. The van der Waals surface area contributed by atoms with E-state index in [1.807, 2.05) is 13.8 Å². The topological polar surface area (TPSA) is 85.2 Å². The molecule has 0 saturated heterocycles. The van der Waals surface area contributed by atoms with Crippen LogP contribution in [0.5, 0.6) is 0 Å². The highest BCUT2D eigenvalue weighted by Crippen LogP contribution is 2.21. The van der Waals surface area contributed by atoms with Gasteiger partial charge in [0.1, 0.15) is 11.4 Å². The Bertz CT molecular complexity index is 963. The van der Waals surface area contributed by atoms with Crippen molar-refractivity contribution in [2.45, 2.75) is 56.5 Å². The summed E-state index contributed by atoms with van der Waals surface area (Å²) >= 11 is 0. The van der Waals surface area contributed by atoms with Gasteiger partial charge in [-0.1, -0.05) is 25.1 Å². The lowest BCUT2D eigenvalue weighted by Gasteiger charge is -2.16. The van der Waals surface area contributed by atoms with Gasteiger partial charge in [0, 0.05) is 11.7 Å². The van der Waals surface area contributed by atoms with Gasteiger partial charge in [0.2, 0.25) is 15.7 Å². The van der Waals surface area contributed by atoms with Crippen molar-refractivity contribution in [3.8, 4) is 0 Å². The summed E-state index contributed by atoms with van der Waals surface area (Å²) < 4.78 is 27.1. The number of hydrogen-bond acceptors (Lipinski definition) is 4. The predicted octanol–water partition coefficient (Wildman–Crippen LogP) is 2.21. The van der Waals surface area contributed by atoms with Crippen molar-refractivity contribution in [2.75, 3.05) is 0 Å². The Morgan fingerprint density at radius 1 is 1.19 bits per heavy atom. The maximum absolute atomic E-state index is 12.9. The number of rotatable bonds is 6. The predicted molar refractivity (Wildman–Crippen MR) is 100.0 cm³/mol. The molecule has 7 heteroatoms. The summed E-state index contributed by atoms with van der Waals surface area (Å²) in [4.78, 5) is 24.9. The molecule has 1 N–H and O–H groups in total. The smallest absolute Gasteiger partial charge is 0.270 e. The molecule has 6 nitrogen and oxygen atoms in total. The van der Waals surface area contributed by atoms with Crippen molar-refractivity contribution in [3.63, 3.8) is 0 Å². The van der Waals surface area contributed by atoms with Crippen LogP contribution >= 0.6 is 0 Å². The molecule has 0 aliphatic rings. The van der Waals surface area contributed by atoms with E-state index in [2.05, 4.69) is 5.32 Å². The first-order chi connectivity index (χ1) is 12.2. The number of benzene rings is 1. The second-order valence-corrected chi connectivity index (χ2v) is 8.27. The highest BCUT2D eigenvalue weighted by Gasteiger charge is 2.26. The molecule has 0 bridgehead atoms. The summed E-state index contributed by atoms with van der Waals surface area (Å²) in [6, 6.07) is 9.42. The average Bonchev–Trinajstić information content (AvgIpc) is 2.58. The van der Waals surface area contributed by atoms with E-state index in [9.17, 15) is 18.0 Å². The third-order valence-electron chi connectivity index (χ3n) is 4.29. The number of nitrogens with one attached hydrogen (secondary N) is 1. The first kappa shape index (κ1) is 19.9. The fraction of sp³-hybridized carbons (Fsp3) is 0.368. The zero-order valence-corrected chi connectivity index (χ0v) is 16.3. The third-order valence-corrected chi connectivity index (χ3v) is 6.22. The number of carbonyl (C=O) groups is 1. The maximum atomic E-state index is 12.9. The Balaban J connectivity index is 2.54. The largest absolute Gasteiger partial charge is 0.352 e. The van der Waals surface area contributed by atoms with Gasteiger partial charge in [0.25, 0.3) is 5.56 Å². The quantitative estimate of drug-likeness (QED) is 0.838. The van der Waals surface area contributed by atoms with Crippen molar-refractivity contribution in [1.29, 1.82) is 0 Å². The lowest BCUT2D eigenvalue weighted by atomic mass is 10.2. The molecule has 1 heterocycles. The number of nitrogens with zero attached hydrogens (tertiary/aromatic N) is 1. The van der Waals surface area contributed by atoms with Crippen LogP contribution < -0.4 is 10.9 Å². The van der Waals surface area contributed by atoms with Gasteiger partial charge in [-0.15, -0.1) is 0 Å². The molecule has 1 aromatic carbocycles. The van der Waals surface area contributed by atoms with Crippen LogP contribution in [-0.2, 0) is 21.2 Å². The van der Waals surface area contributed by atoms with Crippen LogP contribution in [0, 0.1) is 13.8 Å². The lowest BCUT2D eigenvalue weighted by Crippen LogP contribution is -2.39. The summed E-state index contributed by atoms with van der Waals surface area (Å²) in [6.07, 6.45) is 0.765. The van der Waals surface area contributed by atoms with Crippen LogP contribution in [0.3, 0.4) is 0 Å². The van der Waals surface area contributed by atoms with Crippen molar-refractivity contribution in [3.05, 3.63) is 58.0 Å². The second-order valence-electron chi connectivity index (χ2n) is 6.38. The fourth-order valence-electron chi connectivity index (χ4n) is 2.72. The summed E-state index contributed by atoms with van der Waals surface area (Å²) in [5.41, 5.74) is 0.236. The molecule has 1 aromatic heterocycles. The van der Waals surface area contributed by atoms with Crippen molar-refractivity contribution >= 4 is 15.7 Å². The fourth-order valence-corrected chi connectivity index (χ4v) is 4.29. The van der Waals surface area contributed by atoms with Crippen molar-refractivity contribution in [2.24, 2.45) is 0 Å². The van der Waals surface area contributed by atoms with Gasteiger partial charge in [0.05, 0.1) is 4.90 Å². The van der Waals surface area contributed by atoms with Gasteiger partial charge >= 0.3 is 0 Å². The van der Waals surface area contributed by atoms with Gasteiger partial charge < -0.3 is 9.88 Å². The maximum Gasteiger partial charge on any atom is 0.270 e. The average molecular weight is 376 g/mol. The van der Waals surface area contributed by atoms with Gasteiger partial charge in [-0.3, -0.25) is 9.59 Å². The van der Waals surface area contributed by atoms with E-state index in [1.165, 1.54) is 16.7 Å². The molecule has 2 rings (SSSR count). The first-order valence-electron chi connectivity index (χ1n) is 8.49. The molecule has 1 amide bonds. The van der Waals surface area contributed by atoms with Crippen molar-refractivity contribution < 1.29 is 13.2 Å². The molecular weight excluding hydrogens is 352 g/mol. The van der Waals surface area contributed by atoms with Gasteiger partial charge in [-0.05, 0) is 51.0 Å². The van der Waals surface area contributed by atoms with E-state index < -0.39 is 15.4 Å². The summed E-state index contributed by atoms with van der Waals surface area (Å²) in [7, 11) is -3.97. The Morgan fingerprint density at radius 2 is 1.81 bits per heavy atom. The Hall–Kier alpha value is -2.41. The lowest BCUT2D eigenvalue weighted by molar-refractivity contribution is -0.122. The number of hydrogen-bond donors (Lipinski definition) is 1. The van der Waals surface area contributed by atoms with Crippen LogP contribution in [0.25, 0.3) is 0 Å². The number of pyridine rings is 1. The van der Waals surface area contributed by atoms with E-state index in [-0.39, 0.29) is 28.3 Å². The normalized spacial score (nSPS) is 12.6. The molecule has 140 valence electrons. The Morgan fingerprint density at radius 3 is 2.38 bits per heavy atom. The van der Waals surface area contributed by atoms with E-state index in [0.29, 0.717) is 11.3 Å². The van der Waals surface area contributed by atoms with Crippen LogP contribution in [0.1, 0.15) is 31.5 Å². The number of carbonyl (C=O) groups excluding carboxylic acids is 1. The molecule has 0 radical (unpaired) electrons. The number of aromatic nitrogens is 1. The van der Waals surface area contributed by atoms with E-state index >= 15 is 0 Å². The zero-order valence-electron chi connectivity index (χ0n) is 15.4. The molecule has 0 aliphatic heterocycles. The number of sulfone groups is 1. The monoisotopic (exact) mass is 376 g/mol. The van der Waals surface area contributed by atoms with E-state index in [0.717, 1.165) is 6.42 Å². The van der Waals surface area contributed by atoms with Gasteiger partial charge in [-0.25, -0.2) is 8.42 Å². The summed E-state index contributed by atoms with van der Waals surface area (Å²) in [5.74, 6) is -0.323. The molecule has 0 saturated carbocycles. The Labute approximate surface area is 153 Å². The van der Waals surface area contributed by atoms with Crippen LogP contribution in [0.2, 0.25) is 0 Å². The zero-order chi connectivity index (χ0) is 19.5. The number of aryl methyl sites for hydroxylation is 2. The molecule has 0 aliphatic carbocycles. The minimum absolute atomic E-state index is 0.0171. The second kappa shape index (κ2) is 7.86. The molecule has 26 heavy (non-hydrogen) atoms. The summed E-state index contributed by atoms with van der Waals surface area (Å²) in [6.45, 7) is 6.87. The molecule has 1 atom stereocenters. The minimum Gasteiger partial charge on any atom is -0.352 e. The van der Waals surface area contributed by atoms with Crippen LogP contribution in [0.4, 0.5) is 0 Å². The molecule has 0 fully saturated rings. The van der Waals surface area contributed by atoms with Crippen molar-refractivity contribution in [1.82, 2.24) is 9.88 Å². The number of amides is 1. The first-order valence-corrected chi connectivity index (χ1v) is 9.97. The minimum atomic E-state index is -3.97. The molecule has 0 spiro atoms. The molecule has 2 aromatic rings. The Kier molecular flexibility index (Phi) is 6.02. The molecular formula is C19H24N2O4S. The third kappa shape index (κ3) is 4.04. The van der Waals surface area contributed by atoms with Crippen LogP contribution in [0.15, 0.2) is 51.0 Å². The summed E-state index contributed by atoms with van der Waals surface area (Å²) in [5, 5.41) is 2.79. The van der Waals surface area contributed by atoms with Crippen LogP contribution in [-0.4, -0.2) is 24.9 Å². The van der Waals surface area contributed by atoms with Gasteiger partial charge in [-0.2, -0.15) is 0 Å². The molecule has 0 unspecified atom stereocenters. The SMILES string of the molecule is CC[C@H](C)NC(=O)Cn1c(C)cc(C)c(S(=O)(=O)c2ccccc2)c1=O. The van der Waals surface area contributed by atoms with Gasteiger partial charge in [0.15, 0.2) is 0 Å². The highest BCUT2D eigenvalue weighted by atomic mass is 32.2.